The Balaban J connectivity index is 2.33. The van der Waals surface area contributed by atoms with E-state index in [4.69, 9.17) is 4.42 Å². The summed E-state index contributed by atoms with van der Waals surface area (Å²) in [4.78, 5) is 14.5. The summed E-state index contributed by atoms with van der Waals surface area (Å²) in [5.41, 5.74) is 1.25. The zero-order valence-corrected chi connectivity index (χ0v) is 7.20. The summed E-state index contributed by atoms with van der Waals surface area (Å²) in [6, 6.07) is 3.47. The van der Waals surface area contributed by atoms with Crippen molar-refractivity contribution in [2.45, 2.75) is 6.92 Å². The molecule has 1 N–H and O–H groups in total. The van der Waals surface area contributed by atoms with Crippen molar-refractivity contribution in [1.82, 2.24) is 4.98 Å². The summed E-state index contributed by atoms with van der Waals surface area (Å²) in [6.07, 6.45) is 4.87. The highest BCUT2D eigenvalue weighted by atomic mass is 16.3. The topological polar surface area (TPSA) is 46.0 Å². The van der Waals surface area contributed by atoms with Gasteiger partial charge >= 0.3 is 0 Å². The molecule has 2 aromatic heterocycles. The van der Waals surface area contributed by atoms with Crippen molar-refractivity contribution in [2.24, 2.45) is 0 Å². The zero-order valence-electron chi connectivity index (χ0n) is 7.20. The molecule has 2 heterocycles. The van der Waals surface area contributed by atoms with E-state index in [9.17, 15) is 4.79 Å². The first kappa shape index (κ1) is 7.86. The molecule has 0 spiro atoms. The molecule has 13 heavy (non-hydrogen) atoms. The molecule has 0 saturated carbocycles. The van der Waals surface area contributed by atoms with Crippen LogP contribution in [-0.2, 0) is 0 Å². The number of aromatic nitrogens is 1. The molecular weight excluding hydrogens is 166 g/mol. The van der Waals surface area contributed by atoms with E-state index >= 15 is 0 Å². The van der Waals surface area contributed by atoms with Crippen LogP contribution in [0, 0.1) is 6.92 Å². The number of aryl methyl sites for hydroxylation is 1. The van der Waals surface area contributed by atoms with E-state index in [1.54, 1.807) is 24.5 Å². The Morgan fingerprint density at radius 3 is 2.85 bits per heavy atom. The number of aromatic amines is 1. The van der Waals surface area contributed by atoms with Gasteiger partial charge in [0.2, 0.25) is 0 Å². The Morgan fingerprint density at radius 2 is 2.31 bits per heavy atom. The van der Waals surface area contributed by atoms with Gasteiger partial charge in [-0.3, -0.25) is 4.79 Å². The van der Waals surface area contributed by atoms with E-state index in [1.807, 2.05) is 6.92 Å². The number of furan rings is 1. The van der Waals surface area contributed by atoms with Crippen molar-refractivity contribution in [1.29, 1.82) is 0 Å². The SMILES string of the molecule is Cc1cc(C(=O)c2cc[nH]c2)co1. The van der Waals surface area contributed by atoms with Crippen LogP contribution in [0.3, 0.4) is 0 Å². The summed E-state index contributed by atoms with van der Waals surface area (Å²) >= 11 is 0. The summed E-state index contributed by atoms with van der Waals surface area (Å²) in [7, 11) is 0. The monoisotopic (exact) mass is 175 g/mol. The van der Waals surface area contributed by atoms with Gasteiger partial charge in [-0.25, -0.2) is 0 Å². The molecule has 0 aromatic carbocycles. The highest BCUT2D eigenvalue weighted by molar-refractivity contribution is 6.08. The van der Waals surface area contributed by atoms with Gasteiger partial charge in [0.05, 0.1) is 5.56 Å². The molecular formula is C10H9NO2. The normalized spacial score (nSPS) is 10.2. The van der Waals surface area contributed by atoms with Gasteiger partial charge in [-0.2, -0.15) is 0 Å². The number of H-pyrrole nitrogens is 1. The number of hydrogen-bond acceptors (Lipinski definition) is 2. The maximum absolute atomic E-state index is 11.6. The molecule has 2 aromatic rings. The molecule has 0 saturated heterocycles. The number of nitrogens with one attached hydrogen (secondary N) is 1. The van der Waals surface area contributed by atoms with Gasteiger partial charge in [0.25, 0.3) is 0 Å². The average Bonchev–Trinajstić information content (AvgIpc) is 2.72. The van der Waals surface area contributed by atoms with Gasteiger partial charge in [0, 0.05) is 18.0 Å². The van der Waals surface area contributed by atoms with Crippen molar-refractivity contribution >= 4 is 5.78 Å². The highest BCUT2D eigenvalue weighted by Gasteiger charge is 2.10. The fourth-order valence-corrected chi connectivity index (χ4v) is 1.19. The zero-order chi connectivity index (χ0) is 9.26. The van der Waals surface area contributed by atoms with E-state index in [0.717, 1.165) is 5.76 Å². The molecule has 0 fully saturated rings. The Kier molecular flexibility index (Phi) is 1.77. The van der Waals surface area contributed by atoms with Crippen LogP contribution in [0.2, 0.25) is 0 Å². The minimum absolute atomic E-state index is 0.0156. The Bertz CT molecular complexity index is 412. The summed E-state index contributed by atoms with van der Waals surface area (Å²) in [5.74, 6) is 0.733. The lowest BCUT2D eigenvalue weighted by atomic mass is 10.1. The molecule has 2 rings (SSSR count). The number of hydrogen-bond donors (Lipinski definition) is 1. The maximum atomic E-state index is 11.6. The number of rotatable bonds is 2. The minimum atomic E-state index is -0.0156. The van der Waals surface area contributed by atoms with Gasteiger partial charge in [0.15, 0.2) is 5.78 Å². The molecule has 3 heteroatoms. The van der Waals surface area contributed by atoms with E-state index in [-0.39, 0.29) is 5.78 Å². The van der Waals surface area contributed by atoms with Gasteiger partial charge in [0.1, 0.15) is 12.0 Å². The van der Waals surface area contributed by atoms with Crippen LogP contribution in [0.1, 0.15) is 21.7 Å². The quantitative estimate of drug-likeness (QED) is 0.711. The van der Waals surface area contributed by atoms with Crippen LogP contribution in [0.4, 0.5) is 0 Å². The van der Waals surface area contributed by atoms with E-state index in [1.165, 1.54) is 6.26 Å². The summed E-state index contributed by atoms with van der Waals surface area (Å²) in [5, 5.41) is 0. The second-order valence-electron chi connectivity index (χ2n) is 2.87. The van der Waals surface area contributed by atoms with Gasteiger partial charge in [-0.05, 0) is 19.1 Å². The minimum Gasteiger partial charge on any atom is -0.469 e. The predicted molar refractivity (Wildman–Crippen MR) is 47.7 cm³/mol. The van der Waals surface area contributed by atoms with Gasteiger partial charge in [-0.15, -0.1) is 0 Å². The first-order valence-electron chi connectivity index (χ1n) is 4.00. The van der Waals surface area contributed by atoms with Crippen LogP contribution >= 0.6 is 0 Å². The van der Waals surface area contributed by atoms with Crippen molar-refractivity contribution in [2.75, 3.05) is 0 Å². The fourth-order valence-electron chi connectivity index (χ4n) is 1.19. The molecule has 0 aliphatic carbocycles. The molecule has 66 valence electrons. The lowest BCUT2D eigenvalue weighted by Crippen LogP contribution is -1.96. The first-order chi connectivity index (χ1) is 6.27. The van der Waals surface area contributed by atoms with E-state index in [2.05, 4.69) is 4.98 Å². The molecule has 0 bridgehead atoms. The Labute approximate surface area is 75.4 Å². The van der Waals surface area contributed by atoms with Crippen molar-refractivity contribution in [3.05, 3.63) is 47.7 Å². The Hall–Kier alpha value is -1.77. The van der Waals surface area contributed by atoms with Crippen molar-refractivity contribution in [3.8, 4) is 0 Å². The Morgan fingerprint density at radius 1 is 1.46 bits per heavy atom. The van der Waals surface area contributed by atoms with Gasteiger partial charge < -0.3 is 9.40 Å². The van der Waals surface area contributed by atoms with Gasteiger partial charge in [-0.1, -0.05) is 0 Å². The smallest absolute Gasteiger partial charge is 0.197 e. The maximum Gasteiger partial charge on any atom is 0.197 e. The van der Waals surface area contributed by atoms with Crippen molar-refractivity contribution in [3.63, 3.8) is 0 Å². The first-order valence-corrected chi connectivity index (χ1v) is 4.00. The molecule has 0 radical (unpaired) electrons. The molecule has 0 unspecified atom stereocenters. The van der Waals surface area contributed by atoms with Crippen LogP contribution < -0.4 is 0 Å². The number of ketones is 1. The second kappa shape index (κ2) is 2.94. The van der Waals surface area contributed by atoms with Crippen LogP contribution in [0.25, 0.3) is 0 Å². The third-order valence-electron chi connectivity index (χ3n) is 1.85. The highest BCUT2D eigenvalue weighted by Crippen LogP contribution is 2.11. The van der Waals surface area contributed by atoms with Crippen molar-refractivity contribution < 1.29 is 9.21 Å². The number of carbonyl (C=O) groups is 1. The average molecular weight is 175 g/mol. The van der Waals surface area contributed by atoms with Crippen LogP contribution in [0.5, 0.6) is 0 Å². The van der Waals surface area contributed by atoms with Crippen LogP contribution in [-0.4, -0.2) is 10.8 Å². The standard InChI is InChI=1S/C10H9NO2/c1-7-4-9(6-13-7)10(12)8-2-3-11-5-8/h2-6,11H,1H3. The number of carbonyl (C=O) groups excluding carboxylic acids is 1. The molecule has 3 nitrogen and oxygen atoms in total. The third-order valence-corrected chi connectivity index (χ3v) is 1.85. The second-order valence-corrected chi connectivity index (χ2v) is 2.87. The summed E-state index contributed by atoms with van der Waals surface area (Å²) in [6.45, 7) is 1.81. The molecule has 0 amide bonds. The lowest BCUT2D eigenvalue weighted by Gasteiger charge is -1.89. The lowest BCUT2D eigenvalue weighted by molar-refractivity contribution is 0.103. The molecule has 0 atom stereocenters. The predicted octanol–water partition coefficient (Wildman–Crippen LogP) is 2.15. The van der Waals surface area contributed by atoms with E-state index < -0.39 is 0 Å². The summed E-state index contributed by atoms with van der Waals surface area (Å²) < 4.78 is 5.05. The molecule has 0 aliphatic heterocycles. The fraction of sp³-hybridized carbons (Fsp3) is 0.100. The van der Waals surface area contributed by atoms with E-state index in [0.29, 0.717) is 11.1 Å². The molecule has 0 aliphatic rings. The van der Waals surface area contributed by atoms with Crippen LogP contribution in [0.15, 0.2) is 35.2 Å². The third kappa shape index (κ3) is 1.40. The largest absolute Gasteiger partial charge is 0.469 e.